The lowest BCUT2D eigenvalue weighted by Crippen LogP contribution is -2.39. The van der Waals surface area contributed by atoms with Crippen molar-refractivity contribution in [1.82, 2.24) is 20.2 Å². The third-order valence-corrected chi connectivity index (χ3v) is 5.48. The summed E-state index contributed by atoms with van der Waals surface area (Å²) in [6.07, 6.45) is 4.90. The number of hydrogen-bond donors (Lipinski definition) is 2. The van der Waals surface area contributed by atoms with E-state index in [9.17, 15) is 14.4 Å². The standard InChI is InChI=1S/C24H25N5O3/c1-28-15-13-25-23(28)22(17-6-3-2-4-7-17)27-20(30)16-26-24(32)18-9-11-19(12-10-18)29-14-5-8-21(29)31/h2-4,6-7,9-13,15,22H,5,8,14,16H2,1H3,(H,26,32)(H,27,30). The quantitative estimate of drug-likeness (QED) is 0.599. The van der Waals surface area contributed by atoms with Gasteiger partial charge in [-0.2, -0.15) is 0 Å². The van der Waals surface area contributed by atoms with E-state index in [0.717, 1.165) is 17.7 Å². The van der Waals surface area contributed by atoms with E-state index >= 15 is 0 Å². The second kappa shape index (κ2) is 9.47. The Morgan fingerprint density at radius 2 is 1.84 bits per heavy atom. The third kappa shape index (κ3) is 4.69. The summed E-state index contributed by atoms with van der Waals surface area (Å²) < 4.78 is 1.85. The van der Waals surface area contributed by atoms with Crippen LogP contribution in [0.15, 0.2) is 67.0 Å². The van der Waals surface area contributed by atoms with Crippen LogP contribution in [0.5, 0.6) is 0 Å². The Labute approximate surface area is 186 Å². The summed E-state index contributed by atoms with van der Waals surface area (Å²) in [7, 11) is 1.87. The Hall–Kier alpha value is -3.94. The fraction of sp³-hybridized carbons (Fsp3) is 0.250. The maximum Gasteiger partial charge on any atom is 0.251 e. The molecule has 8 nitrogen and oxygen atoms in total. The van der Waals surface area contributed by atoms with Crippen LogP contribution in [0.2, 0.25) is 0 Å². The average Bonchev–Trinajstić information content (AvgIpc) is 3.44. The van der Waals surface area contributed by atoms with Crippen LogP contribution in [0.25, 0.3) is 0 Å². The predicted molar refractivity (Wildman–Crippen MR) is 120 cm³/mol. The smallest absolute Gasteiger partial charge is 0.251 e. The van der Waals surface area contributed by atoms with Gasteiger partial charge in [-0.15, -0.1) is 0 Å². The van der Waals surface area contributed by atoms with Crippen LogP contribution < -0.4 is 15.5 Å². The van der Waals surface area contributed by atoms with E-state index in [1.54, 1.807) is 35.4 Å². The van der Waals surface area contributed by atoms with Gasteiger partial charge in [-0.1, -0.05) is 30.3 Å². The van der Waals surface area contributed by atoms with Crippen molar-refractivity contribution in [3.05, 3.63) is 83.9 Å². The first-order valence-electron chi connectivity index (χ1n) is 10.5. The number of aryl methyl sites for hydroxylation is 1. The highest BCUT2D eigenvalue weighted by molar-refractivity contribution is 5.98. The van der Waals surface area contributed by atoms with Crippen molar-refractivity contribution in [2.24, 2.45) is 7.05 Å². The van der Waals surface area contributed by atoms with Crippen molar-refractivity contribution in [3.8, 4) is 0 Å². The number of amides is 3. The Bertz CT molecular complexity index is 1110. The van der Waals surface area contributed by atoms with E-state index in [1.807, 2.05) is 48.1 Å². The molecule has 1 unspecified atom stereocenters. The summed E-state index contributed by atoms with van der Waals surface area (Å²) in [6, 6.07) is 16.0. The SMILES string of the molecule is Cn1ccnc1C(NC(=O)CNC(=O)c1ccc(N2CCCC2=O)cc1)c1ccccc1. The lowest BCUT2D eigenvalue weighted by atomic mass is 10.1. The molecular weight excluding hydrogens is 406 g/mol. The number of rotatable bonds is 7. The summed E-state index contributed by atoms with van der Waals surface area (Å²) in [4.78, 5) is 43.1. The average molecular weight is 431 g/mol. The fourth-order valence-corrected chi connectivity index (χ4v) is 3.79. The van der Waals surface area contributed by atoms with E-state index in [-0.39, 0.29) is 24.3 Å². The highest BCUT2D eigenvalue weighted by Gasteiger charge is 2.22. The second-order valence-electron chi connectivity index (χ2n) is 7.69. The van der Waals surface area contributed by atoms with Gasteiger partial charge in [-0.25, -0.2) is 4.98 Å². The van der Waals surface area contributed by atoms with Crippen LogP contribution in [-0.4, -0.2) is 40.4 Å². The molecule has 3 amide bonds. The molecule has 0 bridgehead atoms. The summed E-state index contributed by atoms with van der Waals surface area (Å²) in [6.45, 7) is 0.530. The highest BCUT2D eigenvalue weighted by atomic mass is 16.2. The summed E-state index contributed by atoms with van der Waals surface area (Å²) >= 11 is 0. The molecule has 2 heterocycles. The number of benzene rings is 2. The number of nitrogens with one attached hydrogen (secondary N) is 2. The minimum absolute atomic E-state index is 0.0968. The van der Waals surface area contributed by atoms with Gasteiger partial charge in [0, 0.05) is 43.7 Å². The molecule has 2 aromatic carbocycles. The Balaban J connectivity index is 1.37. The zero-order chi connectivity index (χ0) is 22.5. The molecule has 32 heavy (non-hydrogen) atoms. The van der Waals surface area contributed by atoms with E-state index in [1.165, 1.54) is 0 Å². The first-order chi connectivity index (χ1) is 15.5. The van der Waals surface area contributed by atoms with Crippen LogP contribution in [0.1, 0.15) is 40.6 Å². The van der Waals surface area contributed by atoms with Gasteiger partial charge in [0.25, 0.3) is 5.91 Å². The molecule has 2 N–H and O–H groups in total. The predicted octanol–water partition coefficient (Wildman–Crippen LogP) is 2.18. The van der Waals surface area contributed by atoms with Crippen molar-refractivity contribution in [3.63, 3.8) is 0 Å². The Kier molecular flexibility index (Phi) is 6.30. The Morgan fingerprint density at radius 3 is 2.47 bits per heavy atom. The van der Waals surface area contributed by atoms with Crippen molar-refractivity contribution < 1.29 is 14.4 Å². The zero-order valence-electron chi connectivity index (χ0n) is 17.8. The number of imidazole rings is 1. The lowest BCUT2D eigenvalue weighted by molar-refractivity contribution is -0.120. The van der Waals surface area contributed by atoms with E-state index in [4.69, 9.17) is 0 Å². The number of carbonyl (C=O) groups is 3. The van der Waals surface area contributed by atoms with Gasteiger partial charge in [0.1, 0.15) is 11.9 Å². The number of nitrogens with zero attached hydrogens (tertiary/aromatic N) is 3. The van der Waals surface area contributed by atoms with Crippen LogP contribution in [0, 0.1) is 0 Å². The number of anilines is 1. The van der Waals surface area contributed by atoms with Gasteiger partial charge in [0.15, 0.2) is 0 Å². The van der Waals surface area contributed by atoms with Crippen LogP contribution >= 0.6 is 0 Å². The third-order valence-electron chi connectivity index (χ3n) is 5.48. The molecule has 8 heteroatoms. The molecule has 0 radical (unpaired) electrons. The zero-order valence-corrected chi connectivity index (χ0v) is 17.8. The van der Waals surface area contributed by atoms with Crippen molar-refractivity contribution in [2.75, 3.05) is 18.0 Å². The molecule has 1 saturated heterocycles. The van der Waals surface area contributed by atoms with E-state index in [2.05, 4.69) is 15.6 Å². The second-order valence-corrected chi connectivity index (χ2v) is 7.69. The van der Waals surface area contributed by atoms with Crippen molar-refractivity contribution >= 4 is 23.4 Å². The molecular formula is C24H25N5O3. The molecule has 0 aliphatic carbocycles. The molecule has 3 aromatic rings. The first-order valence-corrected chi connectivity index (χ1v) is 10.5. The maximum absolute atomic E-state index is 12.6. The number of hydrogen-bond acceptors (Lipinski definition) is 4. The highest BCUT2D eigenvalue weighted by Crippen LogP contribution is 2.22. The normalized spacial score (nSPS) is 14.3. The van der Waals surface area contributed by atoms with E-state index < -0.39 is 6.04 Å². The number of aromatic nitrogens is 2. The van der Waals surface area contributed by atoms with E-state index in [0.29, 0.717) is 24.4 Å². The molecule has 1 fully saturated rings. The fourth-order valence-electron chi connectivity index (χ4n) is 3.79. The summed E-state index contributed by atoms with van der Waals surface area (Å²) in [5.74, 6) is 0.115. The van der Waals surface area contributed by atoms with Crippen LogP contribution in [-0.2, 0) is 16.6 Å². The lowest BCUT2D eigenvalue weighted by Gasteiger charge is -2.19. The molecule has 0 saturated carbocycles. The molecule has 164 valence electrons. The number of carbonyl (C=O) groups excluding carboxylic acids is 3. The van der Waals surface area contributed by atoms with Crippen molar-refractivity contribution in [1.29, 1.82) is 0 Å². The molecule has 1 aliphatic heterocycles. The monoisotopic (exact) mass is 431 g/mol. The topological polar surface area (TPSA) is 96.3 Å². The molecule has 1 aliphatic rings. The van der Waals surface area contributed by atoms with Crippen LogP contribution in [0.3, 0.4) is 0 Å². The van der Waals surface area contributed by atoms with Gasteiger partial charge >= 0.3 is 0 Å². The van der Waals surface area contributed by atoms with Crippen molar-refractivity contribution in [2.45, 2.75) is 18.9 Å². The van der Waals surface area contributed by atoms with Gasteiger partial charge in [0.05, 0.1) is 6.54 Å². The molecule has 1 aromatic heterocycles. The molecule has 1 atom stereocenters. The molecule has 4 rings (SSSR count). The first kappa shape index (κ1) is 21.3. The maximum atomic E-state index is 12.6. The minimum Gasteiger partial charge on any atom is -0.343 e. The van der Waals surface area contributed by atoms with Gasteiger partial charge in [-0.05, 0) is 36.2 Å². The summed E-state index contributed by atoms with van der Waals surface area (Å²) in [5, 5.41) is 5.61. The van der Waals surface area contributed by atoms with Gasteiger partial charge in [0.2, 0.25) is 11.8 Å². The molecule has 0 spiro atoms. The Morgan fingerprint density at radius 1 is 1.09 bits per heavy atom. The minimum atomic E-state index is -0.433. The summed E-state index contributed by atoms with van der Waals surface area (Å²) in [5.41, 5.74) is 2.10. The van der Waals surface area contributed by atoms with Crippen LogP contribution in [0.4, 0.5) is 5.69 Å². The van der Waals surface area contributed by atoms with Gasteiger partial charge in [-0.3, -0.25) is 14.4 Å². The van der Waals surface area contributed by atoms with Gasteiger partial charge < -0.3 is 20.1 Å². The largest absolute Gasteiger partial charge is 0.343 e.